The number of hydrogen-bond acceptors (Lipinski definition) is 10. The summed E-state index contributed by atoms with van der Waals surface area (Å²) in [6, 6.07) is 0.0413. The van der Waals surface area contributed by atoms with Gasteiger partial charge in [-0.3, -0.25) is 33.7 Å². The molecule has 1 aromatic carbocycles. The van der Waals surface area contributed by atoms with Gasteiger partial charge < -0.3 is 21.1 Å². The number of phenols is 1. The van der Waals surface area contributed by atoms with Gasteiger partial charge in [0, 0.05) is 17.0 Å². The van der Waals surface area contributed by atoms with Gasteiger partial charge in [0.25, 0.3) is 0 Å². The minimum absolute atomic E-state index is 0.140. The van der Waals surface area contributed by atoms with Crippen molar-refractivity contribution in [3.8, 4) is 5.75 Å². The topological polar surface area (TPSA) is 192 Å². The van der Waals surface area contributed by atoms with Crippen molar-refractivity contribution in [1.29, 1.82) is 0 Å². The Morgan fingerprint density at radius 2 is 1.64 bits per heavy atom. The summed E-state index contributed by atoms with van der Waals surface area (Å²) < 4.78 is 0. The SMILES string of the molecule is CC(=O)c1cc(C(C)(C)C)c(O)c2c1[C@@H](C)[C@H]1C(C2=O)C(=O)[C@@]2(O)C(=O)C(C(N)=O)C(=O)[C@H](N(C)C)[C@H]2[C@@H]1O. The summed E-state index contributed by atoms with van der Waals surface area (Å²) >= 11 is 0. The third-order valence-corrected chi connectivity index (χ3v) is 8.77. The molecule has 0 aromatic heterocycles. The number of likely N-dealkylation sites (N-methyl/N-ethyl adjacent to an activating group) is 1. The number of phenolic OH excluding ortho intramolecular Hbond substituents is 1. The van der Waals surface area contributed by atoms with Gasteiger partial charge >= 0.3 is 0 Å². The number of nitrogens with two attached hydrogens (primary N) is 1. The van der Waals surface area contributed by atoms with E-state index in [-0.39, 0.29) is 22.3 Å². The molecule has 39 heavy (non-hydrogen) atoms. The average Bonchev–Trinajstić information content (AvgIpc) is 2.79. The molecular weight excluding hydrogens is 508 g/mol. The Hall–Kier alpha value is -3.28. The number of amides is 1. The van der Waals surface area contributed by atoms with Gasteiger partial charge in [0.15, 0.2) is 40.4 Å². The molecule has 11 nitrogen and oxygen atoms in total. The van der Waals surface area contributed by atoms with Crippen LogP contribution in [0.5, 0.6) is 5.75 Å². The maximum absolute atomic E-state index is 14.1. The van der Waals surface area contributed by atoms with Crippen LogP contribution in [0.2, 0.25) is 0 Å². The predicted molar refractivity (Wildman–Crippen MR) is 136 cm³/mol. The van der Waals surface area contributed by atoms with E-state index >= 15 is 0 Å². The number of aliphatic hydroxyl groups is 2. The molecule has 1 amide bonds. The summed E-state index contributed by atoms with van der Waals surface area (Å²) in [6.07, 6.45) is -1.76. The summed E-state index contributed by atoms with van der Waals surface area (Å²) in [4.78, 5) is 81.0. The van der Waals surface area contributed by atoms with Crippen molar-refractivity contribution in [3.63, 3.8) is 0 Å². The smallest absolute Gasteiger partial charge is 0.235 e. The third kappa shape index (κ3) is 3.66. The summed E-state index contributed by atoms with van der Waals surface area (Å²) in [6.45, 7) is 8.18. The lowest BCUT2D eigenvalue weighted by Gasteiger charge is -2.56. The standard InChI is InChI=1S/C28H34N2O9/c1-9-13-11(10(2)31)8-12(27(3,4)5)20(32)15(13)21(33)16-14(9)22(34)18-19(30(6)7)23(35)17(26(29)38)25(37)28(18,39)24(16)36/h8-9,14,16-19,22,32,34,39H,1-7H3,(H2,29,38)/t9-,14+,16?,17?,18+,19-,22-,28-/m1/s1. The fraction of sp³-hybridized carbons (Fsp3) is 0.571. The average molecular weight is 543 g/mol. The first-order valence-electron chi connectivity index (χ1n) is 12.8. The number of carbonyl (C=O) groups is 6. The molecule has 0 radical (unpaired) electrons. The van der Waals surface area contributed by atoms with Gasteiger partial charge in [-0.25, -0.2) is 0 Å². The van der Waals surface area contributed by atoms with Crippen LogP contribution in [0.3, 0.4) is 0 Å². The highest BCUT2D eigenvalue weighted by Crippen LogP contribution is 2.56. The number of aromatic hydroxyl groups is 1. The number of hydrogen-bond donors (Lipinski definition) is 4. The van der Waals surface area contributed by atoms with E-state index in [2.05, 4.69) is 0 Å². The molecular formula is C28H34N2O9. The van der Waals surface area contributed by atoms with E-state index < -0.39 is 93.3 Å². The van der Waals surface area contributed by atoms with E-state index in [0.717, 1.165) is 0 Å². The molecule has 0 saturated heterocycles. The van der Waals surface area contributed by atoms with Gasteiger partial charge in [-0.15, -0.1) is 0 Å². The number of ketones is 5. The lowest BCUT2D eigenvalue weighted by molar-refractivity contribution is -0.196. The largest absolute Gasteiger partial charge is 0.507 e. The van der Waals surface area contributed by atoms with Crippen LogP contribution in [0.25, 0.3) is 0 Å². The lowest BCUT2D eigenvalue weighted by Crippen LogP contribution is -2.77. The summed E-state index contributed by atoms with van der Waals surface area (Å²) in [7, 11) is 2.84. The molecule has 2 fully saturated rings. The molecule has 4 rings (SSSR count). The Labute approximate surface area is 225 Å². The Balaban J connectivity index is 2.04. The van der Waals surface area contributed by atoms with E-state index in [9.17, 15) is 44.1 Å². The Morgan fingerprint density at radius 1 is 1.08 bits per heavy atom. The van der Waals surface area contributed by atoms with Crippen LogP contribution >= 0.6 is 0 Å². The van der Waals surface area contributed by atoms with Crippen LogP contribution in [-0.2, 0) is 24.6 Å². The minimum Gasteiger partial charge on any atom is -0.507 e. The van der Waals surface area contributed by atoms with Crippen LogP contribution in [0.15, 0.2) is 6.07 Å². The molecule has 2 unspecified atom stereocenters. The zero-order chi connectivity index (χ0) is 29.7. The normalized spacial score (nSPS) is 34.5. The van der Waals surface area contributed by atoms with Crippen molar-refractivity contribution in [1.82, 2.24) is 4.90 Å². The quantitative estimate of drug-likeness (QED) is 0.296. The van der Waals surface area contributed by atoms with Crippen LogP contribution in [0.4, 0.5) is 0 Å². The van der Waals surface area contributed by atoms with Crippen molar-refractivity contribution >= 4 is 34.8 Å². The van der Waals surface area contributed by atoms with Gasteiger partial charge in [0.1, 0.15) is 5.75 Å². The summed E-state index contributed by atoms with van der Waals surface area (Å²) in [5, 5.41) is 34.7. The third-order valence-electron chi connectivity index (χ3n) is 8.77. The van der Waals surface area contributed by atoms with Gasteiger partial charge in [0.05, 0.1) is 29.5 Å². The number of benzene rings is 1. The molecule has 3 aliphatic rings. The fourth-order valence-electron chi connectivity index (χ4n) is 7.00. The maximum Gasteiger partial charge on any atom is 0.235 e. The highest BCUT2D eigenvalue weighted by atomic mass is 16.3. The first-order valence-corrected chi connectivity index (χ1v) is 12.8. The van der Waals surface area contributed by atoms with Crippen molar-refractivity contribution in [2.75, 3.05) is 14.1 Å². The number of Topliss-reactive ketones (excluding diaryl/α,β-unsaturated/α-hetero) is 5. The Bertz CT molecular complexity index is 1360. The molecule has 210 valence electrons. The van der Waals surface area contributed by atoms with Crippen molar-refractivity contribution in [2.45, 2.75) is 63.7 Å². The van der Waals surface area contributed by atoms with E-state index in [4.69, 9.17) is 5.73 Å². The summed E-state index contributed by atoms with van der Waals surface area (Å²) in [5.74, 6) is -14.7. The highest BCUT2D eigenvalue weighted by molar-refractivity contribution is 6.32. The second-order valence-electron chi connectivity index (χ2n) is 12.3. The first-order chi connectivity index (χ1) is 17.8. The van der Waals surface area contributed by atoms with Crippen LogP contribution in [0.1, 0.15) is 72.4 Å². The van der Waals surface area contributed by atoms with Crippen LogP contribution in [-0.4, -0.2) is 86.9 Å². The number of nitrogens with zero attached hydrogens (tertiary/aromatic N) is 1. The summed E-state index contributed by atoms with van der Waals surface area (Å²) in [5.41, 5.74) is 1.84. The zero-order valence-electron chi connectivity index (χ0n) is 22.9. The van der Waals surface area contributed by atoms with Gasteiger partial charge in [-0.2, -0.15) is 0 Å². The van der Waals surface area contributed by atoms with Crippen molar-refractivity contribution in [2.24, 2.45) is 29.4 Å². The van der Waals surface area contributed by atoms with Crippen molar-refractivity contribution < 1.29 is 44.1 Å². The highest BCUT2D eigenvalue weighted by Gasteiger charge is 2.73. The van der Waals surface area contributed by atoms with E-state index in [1.54, 1.807) is 27.7 Å². The fourth-order valence-corrected chi connectivity index (χ4v) is 7.00. The van der Waals surface area contributed by atoms with E-state index in [1.165, 1.54) is 32.0 Å². The number of aliphatic hydroxyl groups excluding tert-OH is 1. The molecule has 0 spiro atoms. The molecule has 2 saturated carbocycles. The van der Waals surface area contributed by atoms with Gasteiger partial charge in [-0.05, 0) is 44.0 Å². The second kappa shape index (κ2) is 8.87. The molecule has 1 aromatic rings. The number of carbonyl (C=O) groups excluding carboxylic acids is 6. The maximum atomic E-state index is 14.1. The molecule has 3 aliphatic carbocycles. The monoisotopic (exact) mass is 542 g/mol. The predicted octanol–water partition coefficient (Wildman–Crippen LogP) is -0.101. The molecule has 0 aliphatic heterocycles. The van der Waals surface area contributed by atoms with E-state index in [0.29, 0.717) is 0 Å². The first kappa shape index (κ1) is 28.7. The molecule has 0 heterocycles. The molecule has 0 bridgehead atoms. The number of primary amides is 1. The Kier molecular flexibility index (Phi) is 6.53. The number of fused-ring (bicyclic) bond motifs is 3. The van der Waals surface area contributed by atoms with Crippen LogP contribution in [0, 0.1) is 23.7 Å². The van der Waals surface area contributed by atoms with Crippen LogP contribution < -0.4 is 5.73 Å². The van der Waals surface area contributed by atoms with Crippen molar-refractivity contribution in [3.05, 3.63) is 28.3 Å². The van der Waals surface area contributed by atoms with Gasteiger partial charge in [-0.1, -0.05) is 27.7 Å². The molecule has 5 N–H and O–H groups in total. The Morgan fingerprint density at radius 3 is 2.10 bits per heavy atom. The molecule has 8 atom stereocenters. The minimum atomic E-state index is -3.07. The lowest BCUT2D eigenvalue weighted by atomic mass is 9.49. The second-order valence-corrected chi connectivity index (χ2v) is 12.3. The zero-order valence-corrected chi connectivity index (χ0v) is 22.9. The van der Waals surface area contributed by atoms with Gasteiger partial charge in [0.2, 0.25) is 5.91 Å². The molecule has 11 heteroatoms. The van der Waals surface area contributed by atoms with E-state index in [1.807, 2.05) is 0 Å². The number of rotatable bonds is 3.